The molecule has 8 heteroatoms. The van der Waals surface area contributed by atoms with Gasteiger partial charge >= 0.3 is 6.18 Å². The molecule has 1 fully saturated rings. The zero-order chi connectivity index (χ0) is 16.9. The summed E-state index contributed by atoms with van der Waals surface area (Å²) >= 11 is 0. The molecule has 1 atom stereocenters. The van der Waals surface area contributed by atoms with Crippen molar-refractivity contribution in [3.63, 3.8) is 0 Å². The summed E-state index contributed by atoms with van der Waals surface area (Å²) in [6.07, 6.45) is -0.790. The predicted molar refractivity (Wildman–Crippen MR) is 81.1 cm³/mol. The van der Waals surface area contributed by atoms with E-state index in [4.69, 9.17) is 10.5 Å². The van der Waals surface area contributed by atoms with Crippen LogP contribution in [0.2, 0.25) is 0 Å². The maximum atomic E-state index is 12.3. The van der Waals surface area contributed by atoms with Gasteiger partial charge in [-0.15, -0.1) is 0 Å². The number of hydrogen-bond acceptors (Lipinski definition) is 3. The topological polar surface area (TPSA) is 63.7 Å². The van der Waals surface area contributed by atoms with E-state index in [1.807, 2.05) is 4.90 Å². The second-order valence-electron chi connectivity index (χ2n) is 5.74. The van der Waals surface area contributed by atoms with Crippen LogP contribution in [-0.2, 0) is 6.54 Å². The Bertz CT molecular complexity index is 548. The number of ether oxygens (including phenoxy) is 1. The van der Waals surface area contributed by atoms with Crippen LogP contribution in [0.15, 0.2) is 23.3 Å². The number of piperidine rings is 1. The Balaban J connectivity index is 2.00. The van der Waals surface area contributed by atoms with E-state index in [0.717, 1.165) is 19.5 Å². The number of aromatic nitrogens is 1. The maximum absolute atomic E-state index is 12.3. The zero-order valence-corrected chi connectivity index (χ0v) is 13.0. The van der Waals surface area contributed by atoms with Gasteiger partial charge in [-0.2, -0.15) is 13.2 Å². The minimum atomic E-state index is -4.40. The first-order valence-corrected chi connectivity index (χ1v) is 7.53. The summed E-state index contributed by atoms with van der Waals surface area (Å²) in [7, 11) is 0. The molecule has 1 aromatic heterocycles. The lowest BCUT2D eigenvalue weighted by Gasteiger charge is -2.31. The molecule has 2 rings (SSSR count). The van der Waals surface area contributed by atoms with Crippen molar-refractivity contribution >= 4 is 5.96 Å². The number of nitrogens with zero attached hydrogens (tertiary/aromatic N) is 3. The van der Waals surface area contributed by atoms with E-state index in [2.05, 4.69) is 16.9 Å². The Morgan fingerprint density at radius 3 is 3.00 bits per heavy atom. The zero-order valence-electron chi connectivity index (χ0n) is 13.0. The Morgan fingerprint density at radius 1 is 1.52 bits per heavy atom. The normalized spacial score (nSPS) is 19.7. The largest absolute Gasteiger partial charge is 0.468 e. The van der Waals surface area contributed by atoms with Crippen molar-refractivity contribution in [2.75, 3.05) is 19.7 Å². The molecule has 0 radical (unpaired) electrons. The van der Waals surface area contributed by atoms with Crippen LogP contribution in [0, 0.1) is 5.92 Å². The first-order valence-electron chi connectivity index (χ1n) is 7.53. The Labute approximate surface area is 133 Å². The highest BCUT2D eigenvalue weighted by molar-refractivity contribution is 5.78. The van der Waals surface area contributed by atoms with Crippen LogP contribution < -0.4 is 10.5 Å². The molecule has 1 saturated heterocycles. The average molecular weight is 330 g/mol. The van der Waals surface area contributed by atoms with Crippen LogP contribution >= 0.6 is 0 Å². The summed E-state index contributed by atoms with van der Waals surface area (Å²) in [6.45, 7) is 2.62. The SMILES string of the molecule is CC1CCCN(C(N)=NCc2cccnc2OCC(F)(F)F)C1. The first kappa shape index (κ1) is 17.4. The lowest BCUT2D eigenvalue weighted by atomic mass is 10.0. The van der Waals surface area contributed by atoms with Crippen molar-refractivity contribution in [1.82, 2.24) is 9.88 Å². The number of hydrogen-bond donors (Lipinski definition) is 1. The third-order valence-corrected chi connectivity index (χ3v) is 3.61. The molecule has 0 amide bonds. The van der Waals surface area contributed by atoms with E-state index < -0.39 is 12.8 Å². The van der Waals surface area contributed by atoms with Crippen LogP contribution in [0.4, 0.5) is 13.2 Å². The molecule has 1 aliphatic heterocycles. The second-order valence-corrected chi connectivity index (χ2v) is 5.74. The lowest BCUT2D eigenvalue weighted by Crippen LogP contribution is -2.43. The van der Waals surface area contributed by atoms with E-state index in [0.29, 0.717) is 17.4 Å². The fraction of sp³-hybridized carbons (Fsp3) is 0.600. The fourth-order valence-electron chi connectivity index (χ4n) is 2.49. The van der Waals surface area contributed by atoms with Gasteiger partial charge in [-0.3, -0.25) is 0 Å². The van der Waals surface area contributed by atoms with Gasteiger partial charge in [0.05, 0.1) is 6.54 Å². The molecule has 0 aromatic carbocycles. The summed E-state index contributed by atoms with van der Waals surface area (Å²) in [5.74, 6) is 0.900. The van der Waals surface area contributed by atoms with Gasteiger partial charge in [-0.1, -0.05) is 13.0 Å². The van der Waals surface area contributed by atoms with Gasteiger partial charge < -0.3 is 15.4 Å². The number of guanidine groups is 1. The van der Waals surface area contributed by atoms with E-state index >= 15 is 0 Å². The number of rotatable bonds is 4. The first-order chi connectivity index (χ1) is 10.8. The minimum absolute atomic E-state index is 0.0617. The highest BCUT2D eigenvalue weighted by Crippen LogP contribution is 2.21. The van der Waals surface area contributed by atoms with Crippen LogP contribution in [0.25, 0.3) is 0 Å². The van der Waals surface area contributed by atoms with Crippen LogP contribution in [0.3, 0.4) is 0 Å². The number of alkyl halides is 3. The second kappa shape index (κ2) is 7.52. The third-order valence-electron chi connectivity index (χ3n) is 3.61. The summed E-state index contributed by atoms with van der Waals surface area (Å²) in [4.78, 5) is 10.1. The van der Waals surface area contributed by atoms with E-state index in [-0.39, 0.29) is 12.4 Å². The molecule has 23 heavy (non-hydrogen) atoms. The Morgan fingerprint density at radius 2 is 2.30 bits per heavy atom. The molecular weight excluding hydrogens is 309 g/mol. The smallest absolute Gasteiger partial charge is 0.422 e. The van der Waals surface area contributed by atoms with Crippen molar-refractivity contribution in [3.8, 4) is 5.88 Å². The standard InChI is InChI=1S/C15H21F3N4O/c1-11-4-3-7-22(9-11)14(19)21-8-12-5-2-6-20-13(12)23-10-15(16,17)18/h2,5-6,11H,3-4,7-10H2,1H3,(H2,19,21). The van der Waals surface area contributed by atoms with Crippen molar-refractivity contribution in [2.24, 2.45) is 16.6 Å². The van der Waals surface area contributed by atoms with Crippen LogP contribution in [0.1, 0.15) is 25.3 Å². The summed E-state index contributed by atoms with van der Waals surface area (Å²) in [5, 5.41) is 0. The van der Waals surface area contributed by atoms with E-state index in [1.165, 1.54) is 12.6 Å². The maximum Gasteiger partial charge on any atom is 0.422 e. The van der Waals surface area contributed by atoms with Gasteiger partial charge in [0.15, 0.2) is 12.6 Å². The van der Waals surface area contributed by atoms with Gasteiger partial charge in [-0.05, 0) is 24.8 Å². The third kappa shape index (κ3) is 5.61. The summed E-state index contributed by atoms with van der Waals surface area (Å²) in [6, 6.07) is 3.26. The molecule has 0 aliphatic carbocycles. The van der Waals surface area contributed by atoms with Gasteiger partial charge in [0, 0.05) is 24.8 Å². The summed E-state index contributed by atoms with van der Waals surface area (Å²) in [5.41, 5.74) is 6.46. The van der Waals surface area contributed by atoms with Crippen molar-refractivity contribution in [1.29, 1.82) is 0 Å². The van der Waals surface area contributed by atoms with Gasteiger partial charge in [0.25, 0.3) is 0 Å². The molecule has 0 saturated carbocycles. The Hall–Kier alpha value is -1.99. The number of pyridine rings is 1. The van der Waals surface area contributed by atoms with Crippen LogP contribution in [0.5, 0.6) is 5.88 Å². The molecule has 1 aliphatic rings. The molecule has 0 bridgehead atoms. The number of halogens is 3. The van der Waals surface area contributed by atoms with Crippen LogP contribution in [-0.4, -0.2) is 41.7 Å². The van der Waals surface area contributed by atoms with E-state index in [1.54, 1.807) is 12.1 Å². The monoisotopic (exact) mass is 330 g/mol. The molecule has 5 nitrogen and oxygen atoms in total. The molecule has 0 spiro atoms. The molecule has 2 N–H and O–H groups in total. The highest BCUT2D eigenvalue weighted by Gasteiger charge is 2.29. The van der Waals surface area contributed by atoms with Crippen molar-refractivity contribution < 1.29 is 17.9 Å². The van der Waals surface area contributed by atoms with Crippen molar-refractivity contribution in [3.05, 3.63) is 23.9 Å². The lowest BCUT2D eigenvalue weighted by molar-refractivity contribution is -0.154. The highest BCUT2D eigenvalue weighted by atomic mass is 19.4. The molecule has 2 heterocycles. The average Bonchev–Trinajstić information content (AvgIpc) is 2.50. The quantitative estimate of drug-likeness (QED) is 0.681. The summed E-state index contributed by atoms with van der Waals surface area (Å²) < 4.78 is 41.5. The molecule has 128 valence electrons. The molecular formula is C15H21F3N4O. The number of aliphatic imine (C=N–C) groups is 1. The minimum Gasteiger partial charge on any atom is -0.468 e. The fourth-order valence-corrected chi connectivity index (χ4v) is 2.49. The van der Waals surface area contributed by atoms with Gasteiger partial charge in [-0.25, -0.2) is 9.98 Å². The van der Waals surface area contributed by atoms with Crippen molar-refractivity contribution in [2.45, 2.75) is 32.5 Å². The molecule has 1 aromatic rings. The predicted octanol–water partition coefficient (Wildman–Crippen LogP) is 2.57. The number of likely N-dealkylation sites (tertiary alicyclic amines) is 1. The van der Waals surface area contributed by atoms with Gasteiger partial charge in [0.1, 0.15) is 0 Å². The Kier molecular flexibility index (Phi) is 5.68. The van der Waals surface area contributed by atoms with Gasteiger partial charge in [0.2, 0.25) is 5.88 Å². The van der Waals surface area contributed by atoms with E-state index in [9.17, 15) is 13.2 Å². The molecule has 1 unspecified atom stereocenters. The number of nitrogens with two attached hydrogens (primary N) is 1.